The zero-order valence-electron chi connectivity index (χ0n) is 10.1. The number of methoxy groups -OCH3 is 1. The standard InChI is InChI=1S/C13H7Cl3FNO2/c1-20-13(19)10-7(4-18-5-9(10)17)6-2-3-8(14)12(16)11(6)15/h2-5H,1H3. The van der Waals surface area contributed by atoms with Gasteiger partial charge < -0.3 is 4.74 Å². The maximum absolute atomic E-state index is 13.8. The first-order valence-electron chi connectivity index (χ1n) is 5.33. The SMILES string of the molecule is COC(=O)c1c(F)cncc1-c1ccc(Cl)c(Cl)c1Cl. The molecule has 0 unspecified atom stereocenters. The highest BCUT2D eigenvalue weighted by molar-refractivity contribution is 6.49. The molecular weight excluding hydrogens is 328 g/mol. The molecule has 0 bridgehead atoms. The van der Waals surface area contributed by atoms with Crippen molar-refractivity contribution in [2.75, 3.05) is 7.11 Å². The largest absolute Gasteiger partial charge is 0.465 e. The number of ether oxygens (including phenoxy) is 1. The number of carbonyl (C=O) groups is 1. The number of carbonyl (C=O) groups excluding carboxylic acids is 1. The van der Waals surface area contributed by atoms with Gasteiger partial charge in [-0.1, -0.05) is 40.9 Å². The summed E-state index contributed by atoms with van der Waals surface area (Å²) < 4.78 is 18.4. The third kappa shape index (κ3) is 2.59. The number of rotatable bonds is 2. The molecule has 0 aliphatic heterocycles. The van der Waals surface area contributed by atoms with E-state index in [9.17, 15) is 9.18 Å². The summed E-state index contributed by atoms with van der Waals surface area (Å²) in [5.41, 5.74) is 0.261. The average molecular weight is 335 g/mol. The molecule has 0 aliphatic carbocycles. The summed E-state index contributed by atoms with van der Waals surface area (Å²) in [6, 6.07) is 3.02. The Bertz CT molecular complexity index is 692. The van der Waals surface area contributed by atoms with Gasteiger partial charge in [0.1, 0.15) is 5.56 Å². The molecule has 0 amide bonds. The lowest BCUT2D eigenvalue weighted by Gasteiger charge is -2.11. The van der Waals surface area contributed by atoms with E-state index in [1.165, 1.54) is 18.3 Å². The van der Waals surface area contributed by atoms with E-state index in [0.29, 0.717) is 5.56 Å². The molecular formula is C13H7Cl3FNO2. The lowest BCUT2D eigenvalue weighted by Crippen LogP contribution is -2.07. The van der Waals surface area contributed by atoms with Crippen molar-refractivity contribution >= 4 is 40.8 Å². The number of hydrogen-bond acceptors (Lipinski definition) is 3. The Labute approximate surface area is 129 Å². The van der Waals surface area contributed by atoms with E-state index < -0.39 is 11.8 Å². The Kier molecular flexibility index (Phi) is 4.48. The minimum Gasteiger partial charge on any atom is -0.465 e. The molecule has 2 rings (SSSR count). The van der Waals surface area contributed by atoms with Crippen molar-refractivity contribution < 1.29 is 13.9 Å². The topological polar surface area (TPSA) is 39.2 Å². The van der Waals surface area contributed by atoms with Crippen LogP contribution in [0.2, 0.25) is 15.1 Å². The van der Waals surface area contributed by atoms with Crippen molar-refractivity contribution in [1.29, 1.82) is 0 Å². The first-order chi connectivity index (χ1) is 9.47. The van der Waals surface area contributed by atoms with Crippen molar-refractivity contribution in [3.05, 3.63) is 51.0 Å². The van der Waals surface area contributed by atoms with E-state index in [1.807, 2.05) is 0 Å². The van der Waals surface area contributed by atoms with Crippen LogP contribution in [0, 0.1) is 5.82 Å². The highest BCUT2D eigenvalue weighted by atomic mass is 35.5. The maximum atomic E-state index is 13.8. The van der Waals surface area contributed by atoms with Gasteiger partial charge >= 0.3 is 5.97 Å². The van der Waals surface area contributed by atoms with Crippen molar-refractivity contribution in [2.45, 2.75) is 0 Å². The molecule has 0 aliphatic rings. The minimum atomic E-state index is -0.831. The number of benzene rings is 1. The molecule has 104 valence electrons. The lowest BCUT2D eigenvalue weighted by molar-refractivity contribution is 0.0596. The van der Waals surface area contributed by atoms with Gasteiger partial charge in [-0.25, -0.2) is 9.18 Å². The Morgan fingerprint density at radius 1 is 1.15 bits per heavy atom. The second-order valence-corrected chi connectivity index (χ2v) is 4.92. The van der Waals surface area contributed by atoms with E-state index in [-0.39, 0.29) is 26.2 Å². The van der Waals surface area contributed by atoms with Crippen LogP contribution in [-0.2, 0) is 4.74 Å². The maximum Gasteiger partial charge on any atom is 0.341 e. The average Bonchev–Trinajstić information content (AvgIpc) is 2.44. The van der Waals surface area contributed by atoms with E-state index in [4.69, 9.17) is 34.8 Å². The Morgan fingerprint density at radius 3 is 2.50 bits per heavy atom. The Hall–Kier alpha value is -1.36. The van der Waals surface area contributed by atoms with Gasteiger partial charge in [0, 0.05) is 17.3 Å². The van der Waals surface area contributed by atoms with Gasteiger partial charge in [0.25, 0.3) is 0 Å². The van der Waals surface area contributed by atoms with Crippen LogP contribution in [-0.4, -0.2) is 18.1 Å². The van der Waals surface area contributed by atoms with Crippen LogP contribution in [0.25, 0.3) is 11.1 Å². The van der Waals surface area contributed by atoms with E-state index in [0.717, 1.165) is 13.3 Å². The number of esters is 1. The molecule has 0 spiro atoms. The second kappa shape index (κ2) is 5.95. The van der Waals surface area contributed by atoms with Gasteiger partial charge in [-0.3, -0.25) is 4.98 Å². The zero-order chi connectivity index (χ0) is 14.9. The van der Waals surface area contributed by atoms with E-state index >= 15 is 0 Å². The van der Waals surface area contributed by atoms with Crippen molar-refractivity contribution in [2.24, 2.45) is 0 Å². The third-order valence-corrected chi connectivity index (χ3v) is 3.91. The molecule has 0 atom stereocenters. The fourth-order valence-corrected chi connectivity index (χ4v) is 2.32. The third-order valence-electron chi connectivity index (χ3n) is 2.61. The van der Waals surface area contributed by atoms with Crippen molar-refractivity contribution in [3.63, 3.8) is 0 Å². The molecule has 0 saturated carbocycles. The number of pyridine rings is 1. The summed E-state index contributed by atoms with van der Waals surface area (Å²) >= 11 is 17.9. The van der Waals surface area contributed by atoms with Crippen molar-refractivity contribution in [3.8, 4) is 11.1 Å². The highest BCUT2D eigenvalue weighted by Gasteiger charge is 2.21. The zero-order valence-corrected chi connectivity index (χ0v) is 12.4. The molecule has 0 fully saturated rings. The first kappa shape index (κ1) is 15.0. The van der Waals surface area contributed by atoms with E-state index in [2.05, 4.69) is 9.72 Å². The summed E-state index contributed by atoms with van der Waals surface area (Å²) in [6.07, 6.45) is 2.22. The summed E-state index contributed by atoms with van der Waals surface area (Å²) in [5.74, 6) is -1.64. The summed E-state index contributed by atoms with van der Waals surface area (Å²) in [7, 11) is 1.16. The van der Waals surface area contributed by atoms with Crippen LogP contribution < -0.4 is 0 Å². The molecule has 7 heteroatoms. The monoisotopic (exact) mass is 333 g/mol. The molecule has 1 aromatic carbocycles. The number of nitrogens with zero attached hydrogens (tertiary/aromatic N) is 1. The minimum absolute atomic E-state index is 0.108. The van der Waals surface area contributed by atoms with Gasteiger partial charge in [0.05, 0.1) is 28.4 Å². The molecule has 3 nitrogen and oxygen atoms in total. The molecule has 1 heterocycles. The fourth-order valence-electron chi connectivity index (χ4n) is 1.68. The smallest absolute Gasteiger partial charge is 0.341 e. The quantitative estimate of drug-likeness (QED) is 0.593. The molecule has 0 radical (unpaired) electrons. The number of halogens is 4. The Morgan fingerprint density at radius 2 is 1.85 bits per heavy atom. The van der Waals surface area contributed by atoms with E-state index in [1.54, 1.807) is 0 Å². The van der Waals surface area contributed by atoms with Crippen LogP contribution in [0.4, 0.5) is 4.39 Å². The predicted octanol–water partition coefficient (Wildman–Crippen LogP) is 4.63. The molecule has 0 N–H and O–H groups in total. The van der Waals surface area contributed by atoms with Crippen LogP contribution in [0.5, 0.6) is 0 Å². The van der Waals surface area contributed by atoms with Gasteiger partial charge in [-0.2, -0.15) is 0 Å². The van der Waals surface area contributed by atoms with Gasteiger partial charge in [0.15, 0.2) is 5.82 Å². The normalized spacial score (nSPS) is 10.4. The van der Waals surface area contributed by atoms with Crippen molar-refractivity contribution in [1.82, 2.24) is 4.98 Å². The molecule has 0 saturated heterocycles. The predicted molar refractivity (Wildman–Crippen MR) is 76.0 cm³/mol. The molecule has 2 aromatic rings. The van der Waals surface area contributed by atoms with Crippen LogP contribution in [0.3, 0.4) is 0 Å². The molecule has 20 heavy (non-hydrogen) atoms. The Balaban J connectivity index is 2.74. The number of hydrogen-bond donors (Lipinski definition) is 0. The summed E-state index contributed by atoms with van der Waals surface area (Å²) in [6.45, 7) is 0. The van der Waals surface area contributed by atoms with Crippen LogP contribution in [0.15, 0.2) is 24.5 Å². The second-order valence-electron chi connectivity index (χ2n) is 3.76. The van der Waals surface area contributed by atoms with Gasteiger partial charge in [-0.05, 0) is 6.07 Å². The first-order valence-corrected chi connectivity index (χ1v) is 6.46. The van der Waals surface area contributed by atoms with Crippen LogP contribution in [0.1, 0.15) is 10.4 Å². The molecule has 1 aromatic heterocycles. The fraction of sp³-hybridized carbons (Fsp3) is 0.0769. The highest BCUT2D eigenvalue weighted by Crippen LogP contribution is 2.39. The summed E-state index contributed by atoms with van der Waals surface area (Å²) in [5, 5.41) is 0.479. The van der Waals surface area contributed by atoms with Gasteiger partial charge in [-0.15, -0.1) is 0 Å². The number of aromatic nitrogens is 1. The lowest BCUT2D eigenvalue weighted by atomic mass is 10.0. The summed E-state index contributed by atoms with van der Waals surface area (Å²) in [4.78, 5) is 15.4. The van der Waals surface area contributed by atoms with Crippen LogP contribution >= 0.6 is 34.8 Å². The van der Waals surface area contributed by atoms with Gasteiger partial charge in [0.2, 0.25) is 0 Å².